The predicted octanol–water partition coefficient (Wildman–Crippen LogP) is 2.80. The minimum Gasteiger partial charge on any atom is -0.497 e. The largest absolute Gasteiger partial charge is 0.497 e. The van der Waals surface area contributed by atoms with Crippen LogP contribution in [0, 0.1) is 0 Å². The highest BCUT2D eigenvalue weighted by Crippen LogP contribution is 2.31. The topological polar surface area (TPSA) is 67.4 Å². The number of nitrogens with one attached hydrogen (secondary N) is 2. The van der Waals surface area contributed by atoms with E-state index in [0.29, 0.717) is 5.75 Å². The van der Waals surface area contributed by atoms with Crippen LogP contribution in [0.3, 0.4) is 0 Å². The molecule has 0 aromatic heterocycles. The van der Waals surface area contributed by atoms with Crippen molar-refractivity contribution in [3.8, 4) is 5.75 Å². The summed E-state index contributed by atoms with van der Waals surface area (Å²) in [7, 11) is 1.54. The van der Waals surface area contributed by atoms with E-state index >= 15 is 0 Å². The van der Waals surface area contributed by atoms with Crippen molar-refractivity contribution in [1.29, 1.82) is 0 Å². The molecule has 0 saturated heterocycles. The molecule has 0 aliphatic heterocycles. The van der Waals surface area contributed by atoms with Crippen LogP contribution in [0.15, 0.2) is 48.5 Å². The number of halogens is 3. The summed E-state index contributed by atoms with van der Waals surface area (Å²) in [5.74, 6) is -0.418. The Labute approximate surface area is 154 Å². The van der Waals surface area contributed by atoms with Crippen LogP contribution in [0.25, 0.3) is 0 Å². The molecule has 0 radical (unpaired) electrons. The first-order valence-electron chi connectivity index (χ1n) is 8.15. The molecule has 0 aliphatic rings. The molecule has 0 unspecified atom stereocenters. The van der Waals surface area contributed by atoms with Crippen LogP contribution in [0.4, 0.5) is 13.2 Å². The van der Waals surface area contributed by atoms with Crippen LogP contribution in [0.5, 0.6) is 5.75 Å². The average molecular weight is 380 g/mol. The fourth-order valence-electron chi connectivity index (χ4n) is 2.39. The van der Waals surface area contributed by atoms with Crippen molar-refractivity contribution in [2.24, 2.45) is 0 Å². The zero-order valence-electron chi connectivity index (χ0n) is 14.6. The van der Waals surface area contributed by atoms with Crippen LogP contribution in [-0.4, -0.2) is 32.0 Å². The molecular formula is C19H19F3N2O3. The number of alkyl halides is 3. The van der Waals surface area contributed by atoms with Gasteiger partial charge in [-0.2, -0.15) is 13.2 Å². The molecule has 2 aromatic rings. The van der Waals surface area contributed by atoms with Crippen LogP contribution >= 0.6 is 0 Å². The summed E-state index contributed by atoms with van der Waals surface area (Å²) in [6.45, 7) is 0.119. The zero-order valence-corrected chi connectivity index (χ0v) is 14.6. The third-order valence-corrected chi connectivity index (χ3v) is 3.73. The predicted molar refractivity (Wildman–Crippen MR) is 93.5 cm³/mol. The van der Waals surface area contributed by atoms with Gasteiger partial charge in [0, 0.05) is 13.1 Å². The minimum atomic E-state index is -4.61. The number of rotatable bonds is 7. The van der Waals surface area contributed by atoms with Gasteiger partial charge >= 0.3 is 6.18 Å². The summed E-state index contributed by atoms with van der Waals surface area (Å²) in [6, 6.07) is 11.5. The molecule has 2 aromatic carbocycles. The Morgan fingerprint density at radius 3 is 2.22 bits per heavy atom. The molecule has 0 saturated carbocycles. The Bertz CT molecular complexity index is 790. The molecule has 2 amide bonds. The number of methoxy groups -OCH3 is 1. The van der Waals surface area contributed by atoms with Gasteiger partial charge in [0.1, 0.15) is 5.75 Å². The van der Waals surface area contributed by atoms with Gasteiger partial charge in [0.25, 0.3) is 5.91 Å². The minimum absolute atomic E-state index is 0.0133. The normalized spacial score (nSPS) is 11.0. The Balaban J connectivity index is 1.79. The standard InChI is InChI=1S/C19H19F3N2O3/c1-27-14-8-6-13(7-9-14)12-17(25)23-10-11-24-18(26)15-4-2-3-5-16(15)19(20,21)22/h2-9H,10-12H2,1H3,(H,23,25)(H,24,26). The second-order valence-corrected chi connectivity index (χ2v) is 5.67. The lowest BCUT2D eigenvalue weighted by Gasteiger charge is -2.13. The Kier molecular flexibility index (Phi) is 6.81. The maximum atomic E-state index is 12.9. The molecule has 0 aliphatic carbocycles. The summed E-state index contributed by atoms with van der Waals surface area (Å²) >= 11 is 0. The van der Waals surface area contributed by atoms with Crippen molar-refractivity contribution in [3.05, 3.63) is 65.2 Å². The second kappa shape index (κ2) is 9.07. The van der Waals surface area contributed by atoms with E-state index in [1.807, 2.05) is 0 Å². The highest BCUT2D eigenvalue weighted by Gasteiger charge is 2.34. The van der Waals surface area contributed by atoms with Gasteiger partial charge in [-0.3, -0.25) is 9.59 Å². The first-order valence-corrected chi connectivity index (χ1v) is 8.15. The van der Waals surface area contributed by atoms with Crippen LogP contribution in [-0.2, 0) is 17.4 Å². The molecular weight excluding hydrogens is 361 g/mol. The molecule has 27 heavy (non-hydrogen) atoms. The molecule has 144 valence electrons. The van der Waals surface area contributed by atoms with E-state index in [4.69, 9.17) is 4.74 Å². The molecule has 0 heterocycles. The molecule has 0 spiro atoms. The van der Waals surface area contributed by atoms with E-state index in [0.717, 1.165) is 17.7 Å². The van der Waals surface area contributed by atoms with E-state index in [-0.39, 0.29) is 25.4 Å². The average Bonchev–Trinajstić information content (AvgIpc) is 2.65. The number of hydrogen-bond donors (Lipinski definition) is 2. The molecule has 8 heteroatoms. The van der Waals surface area contributed by atoms with Crippen molar-refractivity contribution in [2.45, 2.75) is 12.6 Å². The Hall–Kier alpha value is -3.03. The molecule has 0 fully saturated rings. The highest BCUT2D eigenvalue weighted by atomic mass is 19.4. The van der Waals surface area contributed by atoms with Crippen LogP contribution in [0.2, 0.25) is 0 Å². The summed E-state index contributed by atoms with van der Waals surface area (Å²) in [5.41, 5.74) is -0.656. The fraction of sp³-hybridized carbons (Fsp3) is 0.263. The van der Waals surface area contributed by atoms with Gasteiger partial charge in [-0.1, -0.05) is 24.3 Å². The fourth-order valence-corrected chi connectivity index (χ4v) is 2.39. The molecule has 2 rings (SSSR count). The quantitative estimate of drug-likeness (QED) is 0.726. The van der Waals surface area contributed by atoms with Crippen molar-refractivity contribution in [1.82, 2.24) is 10.6 Å². The zero-order chi connectivity index (χ0) is 19.9. The van der Waals surface area contributed by atoms with E-state index in [1.54, 1.807) is 31.4 Å². The summed E-state index contributed by atoms with van der Waals surface area (Å²) in [4.78, 5) is 23.8. The maximum Gasteiger partial charge on any atom is 0.417 e. The first-order chi connectivity index (χ1) is 12.8. The Morgan fingerprint density at radius 2 is 1.59 bits per heavy atom. The van der Waals surface area contributed by atoms with Gasteiger partial charge in [-0.15, -0.1) is 0 Å². The van der Waals surface area contributed by atoms with Crippen LogP contribution in [0.1, 0.15) is 21.5 Å². The molecule has 2 N–H and O–H groups in total. The number of carbonyl (C=O) groups excluding carboxylic acids is 2. The van der Waals surface area contributed by atoms with Gasteiger partial charge in [0.05, 0.1) is 24.7 Å². The number of benzene rings is 2. The molecule has 5 nitrogen and oxygen atoms in total. The first kappa shape index (κ1) is 20.3. The lowest BCUT2D eigenvalue weighted by molar-refractivity contribution is -0.138. The second-order valence-electron chi connectivity index (χ2n) is 5.67. The van der Waals surface area contributed by atoms with E-state index < -0.39 is 23.2 Å². The monoisotopic (exact) mass is 380 g/mol. The smallest absolute Gasteiger partial charge is 0.417 e. The van der Waals surface area contributed by atoms with Gasteiger partial charge in [0.2, 0.25) is 5.91 Å². The van der Waals surface area contributed by atoms with E-state index in [1.165, 1.54) is 12.1 Å². The molecule has 0 bridgehead atoms. The lowest BCUT2D eigenvalue weighted by atomic mass is 10.1. The van der Waals surface area contributed by atoms with Gasteiger partial charge in [-0.05, 0) is 29.8 Å². The highest BCUT2D eigenvalue weighted by molar-refractivity contribution is 5.95. The van der Waals surface area contributed by atoms with Crippen molar-refractivity contribution in [2.75, 3.05) is 20.2 Å². The number of ether oxygens (including phenoxy) is 1. The van der Waals surface area contributed by atoms with Gasteiger partial charge in [0.15, 0.2) is 0 Å². The SMILES string of the molecule is COc1ccc(CC(=O)NCCNC(=O)c2ccccc2C(F)(F)F)cc1. The van der Waals surface area contributed by atoms with Crippen molar-refractivity contribution >= 4 is 11.8 Å². The number of carbonyl (C=O) groups is 2. The number of hydrogen-bond acceptors (Lipinski definition) is 3. The lowest BCUT2D eigenvalue weighted by Crippen LogP contribution is -2.36. The van der Waals surface area contributed by atoms with Crippen molar-refractivity contribution < 1.29 is 27.5 Å². The third kappa shape index (κ3) is 6.02. The van der Waals surface area contributed by atoms with Gasteiger partial charge < -0.3 is 15.4 Å². The number of amides is 2. The third-order valence-electron chi connectivity index (χ3n) is 3.73. The maximum absolute atomic E-state index is 12.9. The summed E-state index contributed by atoms with van der Waals surface area (Å²) in [6.07, 6.45) is -4.46. The Morgan fingerprint density at radius 1 is 0.963 bits per heavy atom. The van der Waals surface area contributed by atoms with Crippen LogP contribution < -0.4 is 15.4 Å². The van der Waals surface area contributed by atoms with Crippen molar-refractivity contribution in [3.63, 3.8) is 0 Å². The molecule has 0 atom stereocenters. The summed E-state index contributed by atoms with van der Waals surface area (Å²) < 4.78 is 43.8. The van der Waals surface area contributed by atoms with Gasteiger partial charge in [-0.25, -0.2) is 0 Å². The van der Waals surface area contributed by atoms with E-state index in [9.17, 15) is 22.8 Å². The van der Waals surface area contributed by atoms with E-state index in [2.05, 4.69) is 10.6 Å². The summed E-state index contributed by atoms with van der Waals surface area (Å²) in [5, 5.41) is 4.98.